The number of nitrogens with one attached hydrogen (secondary N) is 1. The smallest absolute Gasteiger partial charge is 0.264 e. The molecule has 0 aromatic heterocycles. The van der Waals surface area contributed by atoms with E-state index in [0.717, 1.165) is 23.1 Å². The number of carbonyl (C=O) groups is 1. The molecule has 0 saturated carbocycles. The molecule has 2 aromatic rings. The van der Waals surface area contributed by atoms with Gasteiger partial charge in [0.1, 0.15) is 11.5 Å². The van der Waals surface area contributed by atoms with Crippen LogP contribution in [-0.4, -0.2) is 11.1 Å². The monoisotopic (exact) mass is 321 g/mol. The molecule has 0 spiro atoms. The lowest BCUT2D eigenvalue weighted by atomic mass is 10.2. The van der Waals surface area contributed by atoms with Crippen molar-refractivity contribution in [1.82, 2.24) is 5.32 Å². The molecule has 1 heterocycles. The summed E-state index contributed by atoms with van der Waals surface area (Å²) < 4.78 is 5.77. The summed E-state index contributed by atoms with van der Waals surface area (Å²) in [6.45, 7) is 0. The first kappa shape index (κ1) is 14.9. The van der Waals surface area contributed by atoms with Gasteiger partial charge in [0.15, 0.2) is 5.17 Å². The molecule has 0 radical (unpaired) electrons. The van der Waals surface area contributed by atoms with Crippen molar-refractivity contribution >= 4 is 28.9 Å². The Morgan fingerprint density at radius 1 is 1.13 bits per heavy atom. The SMILES string of the molecule is N#CN=C1NC(=O)C(=Cc2cccc(Oc3ccccc3)c2)S1. The van der Waals surface area contributed by atoms with Crippen LogP contribution < -0.4 is 10.1 Å². The summed E-state index contributed by atoms with van der Waals surface area (Å²) in [5, 5.41) is 11.4. The Morgan fingerprint density at radius 2 is 1.91 bits per heavy atom. The molecular formula is C17H11N3O2S. The molecule has 1 fully saturated rings. The molecule has 5 nitrogen and oxygen atoms in total. The molecule has 1 saturated heterocycles. The summed E-state index contributed by atoms with van der Waals surface area (Å²) in [6.07, 6.45) is 3.39. The molecule has 1 aliphatic rings. The number of rotatable bonds is 3. The van der Waals surface area contributed by atoms with E-state index in [2.05, 4.69) is 10.3 Å². The lowest BCUT2D eigenvalue weighted by Gasteiger charge is -2.06. The van der Waals surface area contributed by atoms with Crippen molar-refractivity contribution in [3.8, 4) is 17.7 Å². The molecule has 1 amide bonds. The van der Waals surface area contributed by atoms with Gasteiger partial charge in [-0.05, 0) is 47.7 Å². The van der Waals surface area contributed by atoms with Crippen LogP contribution in [0.25, 0.3) is 6.08 Å². The van der Waals surface area contributed by atoms with Gasteiger partial charge in [0.2, 0.25) is 6.19 Å². The van der Waals surface area contributed by atoms with Gasteiger partial charge in [-0.15, -0.1) is 4.99 Å². The first-order chi connectivity index (χ1) is 11.2. The summed E-state index contributed by atoms with van der Waals surface area (Å²) >= 11 is 1.14. The summed E-state index contributed by atoms with van der Waals surface area (Å²) in [6, 6.07) is 16.9. The highest BCUT2D eigenvalue weighted by atomic mass is 32.2. The summed E-state index contributed by atoms with van der Waals surface area (Å²) in [7, 11) is 0. The van der Waals surface area contributed by atoms with Gasteiger partial charge in [-0.25, -0.2) is 0 Å². The molecule has 112 valence electrons. The van der Waals surface area contributed by atoms with Gasteiger partial charge in [0, 0.05) is 0 Å². The Labute approximate surface area is 137 Å². The lowest BCUT2D eigenvalue weighted by Crippen LogP contribution is -2.19. The molecule has 0 aliphatic carbocycles. The van der Waals surface area contributed by atoms with Crippen LogP contribution in [0.1, 0.15) is 5.56 Å². The van der Waals surface area contributed by atoms with E-state index < -0.39 is 0 Å². The Hall–Kier alpha value is -3.04. The maximum Gasteiger partial charge on any atom is 0.264 e. The van der Waals surface area contributed by atoms with Crippen LogP contribution >= 0.6 is 11.8 Å². The van der Waals surface area contributed by atoms with Gasteiger partial charge in [0.25, 0.3) is 5.91 Å². The summed E-state index contributed by atoms with van der Waals surface area (Å²) in [4.78, 5) is 15.8. The Bertz CT molecular complexity index is 838. The third-order valence-electron chi connectivity index (χ3n) is 2.94. The van der Waals surface area contributed by atoms with Crippen LogP contribution in [0.15, 0.2) is 64.5 Å². The van der Waals surface area contributed by atoms with Crippen molar-refractivity contribution in [3.63, 3.8) is 0 Å². The number of carbonyl (C=O) groups excluding carboxylic acids is 1. The average molecular weight is 321 g/mol. The normalized spacial score (nSPS) is 17.1. The summed E-state index contributed by atoms with van der Waals surface area (Å²) in [5.41, 5.74) is 0.828. The number of nitriles is 1. The minimum absolute atomic E-state index is 0.265. The van der Waals surface area contributed by atoms with E-state index in [1.165, 1.54) is 0 Å². The average Bonchev–Trinajstić information content (AvgIpc) is 2.89. The molecule has 1 N–H and O–H groups in total. The van der Waals surface area contributed by atoms with Crippen LogP contribution in [0.3, 0.4) is 0 Å². The van der Waals surface area contributed by atoms with E-state index in [9.17, 15) is 4.79 Å². The number of aliphatic imine (C=N–C) groups is 1. The molecular weight excluding hydrogens is 310 g/mol. The standard InChI is InChI=1S/C17H11N3O2S/c18-11-19-17-20-16(21)15(23-17)10-12-5-4-8-14(9-12)22-13-6-2-1-3-7-13/h1-10H,(H,19,20,21). The van der Waals surface area contributed by atoms with E-state index in [4.69, 9.17) is 10.00 Å². The van der Waals surface area contributed by atoms with Gasteiger partial charge in [-0.2, -0.15) is 5.26 Å². The largest absolute Gasteiger partial charge is 0.457 e. The predicted octanol–water partition coefficient (Wildman–Crippen LogP) is 3.52. The van der Waals surface area contributed by atoms with E-state index >= 15 is 0 Å². The minimum atomic E-state index is -0.265. The third-order valence-corrected chi connectivity index (χ3v) is 3.85. The maximum atomic E-state index is 11.8. The van der Waals surface area contributed by atoms with Crippen LogP contribution in [-0.2, 0) is 4.79 Å². The zero-order valence-corrected chi connectivity index (χ0v) is 12.7. The zero-order chi connectivity index (χ0) is 16.1. The number of amidine groups is 1. The van der Waals surface area contributed by atoms with Crippen LogP contribution in [0.4, 0.5) is 0 Å². The van der Waals surface area contributed by atoms with Crippen molar-refractivity contribution in [2.24, 2.45) is 4.99 Å². The maximum absolute atomic E-state index is 11.8. The van der Waals surface area contributed by atoms with Gasteiger partial charge in [0.05, 0.1) is 4.91 Å². The molecule has 6 heteroatoms. The van der Waals surface area contributed by atoms with E-state index in [-0.39, 0.29) is 5.91 Å². The first-order valence-electron chi connectivity index (χ1n) is 6.75. The highest BCUT2D eigenvalue weighted by Crippen LogP contribution is 2.28. The fraction of sp³-hybridized carbons (Fsp3) is 0. The minimum Gasteiger partial charge on any atom is -0.457 e. The zero-order valence-electron chi connectivity index (χ0n) is 11.9. The van der Waals surface area contributed by atoms with Gasteiger partial charge in [-0.3, -0.25) is 10.1 Å². The molecule has 0 bridgehead atoms. The number of benzene rings is 2. The van der Waals surface area contributed by atoms with Crippen molar-refractivity contribution in [3.05, 3.63) is 65.1 Å². The second kappa shape index (κ2) is 6.81. The fourth-order valence-corrected chi connectivity index (χ4v) is 2.75. The van der Waals surface area contributed by atoms with Crippen molar-refractivity contribution < 1.29 is 9.53 Å². The Morgan fingerprint density at radius 3 is 2.70 bits per heavy atom. The van der Waals surface area contributed by atoms with E-state index in [0.29, 0.717) is 15.8 Å². The van der Waals surface area contributed by atoms with Crippen molar-refractivity contribution in [1.29, 1.82) is 5.26 Å². The van der Waals surface area contributed by atoms with Crippen LogP contribution in [0.2, 0.25) is 0 Å². The van der Waals surface area contributed by atoms with Crippen LogP contribution in [0, 0.1) is 11.5 Å². The number of ether oxygens (including phenoxy) is 1. The first-order valence-corrected chi connectivity index (χ1v) is 7.57. The molecule has 1 aliphatic heterocycles. The quantitative estimate of drug-likeness (QED) is 0.693. The van der Waals surface area contributed by atoms with Crippen molar-refractivity contribution in [2.75, 3.05) is 0 Å². The number of amides is 1. The predicted molar refractivity (Wildman–Crippen MR) is 89.7 cm³/mol. The molecule has 23 heavy (non-hydrogen) atoms. The number of hydrogen-bond donors (Lipinski definition) is 1. The second-order valence-electron chi connectivity index (χ2n) is 4.57. The van der Waals surface area contributed by atoms with Gasteiger partial charge in [-0.1, -0.05) is 30.3 Å². The highest BCUT2D eigenvalue weighted by molar-refractivity contribution is 8.18. The molecule has 0 unspecified atom stereocenters. The van der Waals surface area contributed by atoms with Crippen molar-refractivity contribution in [2.45, 2.75) is 0 Å². The highest BCUT2D eigenvalue weighted by Gasteiger charge is 2.23. The Kier molecular flexibility index (Phi) is 4.41. The summed E-state index contributed by atoms with van der Waals surface area (Å²) in [5.74, 6) is 1.16. The topological polar surface area (TPSA) is 74.5 Å². The van der Waals surface area contributed by atoms with Gasteiger partial charge < -0.3 is 4.74 Å². The second-order valence-corrected chi connectivity index (χ2v) is 5.60. The van der Waals surface area contributed by atoms with Gasteiger partial charge >= 0.3 is 0 Å². The molecule has 2 aromatic carbocycles. The van der Waals surface area contributed by atoms with E-state index in [1.54, 1.807) is 12.3 Å². The number of para-hydroxylation sites is 1. The lowest BCUT2D eigenvalue weighted by molar-refractivity contribution is -0.115. The third kappa shape index (κ3) is 3.78. The van der Waals surface area contributed by atoms with E-state index in [1.807, 2.05) is 54.6 Å². The number of nitrogens with zero attached hydrogens (tertiary/aromatic N) is 2. The number of thioether (sulfide) groups is 1. The fourth-order valence-electron chi connectivity index (χ4n) is 1.97. The molecule has 0 atom stereocenters. The Balaban J connectivity index is 1.81. The van der Waals surface area contributed by atoms with Crippen LogP contribution in [0.5, 0.6) is 11.5 Å². The number of hydrogen-bond acceptors (Lipinski definition) is 5. The molecule has 3 rings (SSSR count).